The first-order chi connectivity index (χ1) is 14.7. The molecule has 6 nitrogen and oxygen atoms in total. The Bertz CT molecular complexity index is 1170. The molecule has 1 amide bonds. The highest BCUT2D eigenvalue weighted by atomic mass is 19.3. The van der Waals surface area contributed by atoms with Crippen molar-refractivity contribution in [1.82, 2.24) is 9.55 Å². The topological polar surface area (TPSA) is 67.6 Å². The minimum Gasteiger partial charge on any atom is -0.432 e. The van der Waals surface area contributed by atoms with Crippen molar-refractivity contribution < 1.29 is 27.8 Å². The number of nitrogens with zero attached hydrogens (tertiary/aromatic N) is 3. The highest BCUT2D eigenvalue weighted by Crippen LogP contribution is 2.56. The first kappa shape index (κ1) is 19.9. The van der Waals surface area contributed by atoms with E-state index < -0.39 is 29.4 Å². The number of hydrogen-bond donors (Lipinski definition) is 1. The molecule has 31 heavy (non-hydrogen) atoms. The minimum atomic E-state index is -3.15. The largest absolute Gasteiger partial charge is 0.432 e. The summed E-state index contributed by atoms with van der Waals surface area (Å²) in [5, 5.41) is 10.9. The average Bonchev–Trinajstić information content (AvgIpc) is 2.99. The molecule has 9 heteroatoms. The van der Waals surface area contributed by atoms with Crippen molar-refractivity contribution >= 4 is 22.9 Å². The Hall–Kier alpha value is -3.07. The van der Waals surface area contributed by atoms with E-state index in [0.717, 1.165) is 12.5 Å². The van der Waals surface area contributed by atoms with Crippen molar-refractivity contribution in [3.05, 3.63) is 53.8 Å². The molecule has 1 atom stereocenters. The summed E-state index contributed by atoms with van der Waals surface area (Å²) in [5.74, 6) is -1.57. The van der Waals surface area contributed by atoms with Crippen molar-refractivity contribution in [2.75, 3.05) is 4.90 Å². The molecule has 0 radical (unpaired) electrons. The molecule has 162 valence electrons. The summed E-state index contributed by atoms with van der Waals surface area (Å²) in [6, 6.07) is 11.4. The predicted molar refractivity (Wildman–Crippen MR) is 106 cm³/mol. The maximum absolute atomic E-state index is 15.0. The van der Waals surface area contributed by atoms with E-state index in [0.29, 0.717) is 18.4 Å². The van der Waals surface area contributed by atoms with Crippen molar-refractivity contribution in [2.24, 2.45) is 0 Å². The zero-order chi connectivity index (χ0) is 22.0. The predicted octanol–water partition coefficient (Wildman–Crippen LogP) is 4.26. The lowest BCUT2D eigenvalue weighted by Crippen LogP contribution is -2.66. The molecule has 1 unspecified atom stereocenters. The Morgan fingerprint density at radius 3 is 2.58 bits per heavy atom. The van der Waals surface area contributed by atoms with E-state index in [4.69, 9.17) is 0 Å². The van der Waals surface area contributed by atoms with Gasteiger partial charge in [0.2, 0.25) is 11.9 Å². The fourth-order valence-corrected chi connectivity index (χ4v) is 4.63. The molecule has 1 N–H and O–H groups in total. The Morgan fingerprint density at radius 1 is 1.26 bits per heavy atom. The quantitative estimate of drug-likeness (QED) is 0.656. The van der Waals surface area contributed by atoms with E-state index in [2.05, 4.69) is 9.72 Å². The second-order valence-electron chi connectivity index (χ2n) is 8.25. The molecule has 0 saturated heterocycles. The maximum Gasteiger partial charge on any atom is 0.387 e. The Balaban J connectivity index is 1.53. The molecule has 3 aromatic rings. The van der Waals surface area contributed by atoms with Gasteiger partial charge in [0.1, 0.15) is 11.2 Å². The molecule has 0 bridgehead atoms. The zero-order valence-corrected chi connectivity index (χ0v) is 16.7. The third-order valence-electron chi connectivity index (χ3n) is 6.25. The third-order valence-corrected chi connectivity index (χ3v) is 6.25. The van der Waals surface area contributed by atoms with Crippen LogP contribution in [0.4, 0.5) is 19.1 Å². The van der Waals surface area contributed by atoms with Gasteiger partial charge in [-0.2, -0.15) is 8.78 Å². The monoisotopic (exact) mass is 431 g/mol. The van der Waals surface area contributed by atoms with Crippen molar-refractivity contribution in [3.63, 3.8) is 0 Å². The van der Waals surface area contributed by atoms with E-state index in [1.54, 1.807) is 35.8 Å². The number of ether oxygens (including phenoxy) is 1. The van der Waals surface area contributed by atoms with Gasteiger partial charge in [-0.1, -0.05) is 30.3 Å². The van der Waals surface area contributed by atoms with Crippen LogP contribution in [0.3, 0.4) is 0 Å². The van der Waals surface area contributed by atoms with E-state index in [9.17, 15) is 23.1 Å². The van der Waals surface area contributed by atoms with Gasteiger partial charge < -0.3 is 9.84 Å². The van der Waals surface area contributed by atoms with Crippen molar-refractivity contribution in [3.8, 4) is 5.75 Å². The summed E-state index contributed by atoms with van der Waals surface area (Å²) < 4.78 is 46.1. The van der Waals surface area contributed by atoms with Gasteiger partial charge in [-0.05, 0) is 43.9 Å². The van der Waals surface area contributed by atoms with Crippen LogP contribution in [0.2, 0.25) is 0 Å². The Morgan fingerprint density at radius 2 is 1.97 bits per heavy atom. The van der Waals surface area contributed by atoms with Gasteiger partial charge in [0.15, 0.2) is 11.6 Å². The average molecular weight is 431 g/mol. The lowest BCUT2D eigenvalue weighted by molar-refractivity contribution is -0.128. The first-order valence-corrected chi connectivity index (χ1v) is 10.0. The second kappa shape index (κ2) is 6.71. The number of imidazole rings is 1. The van der Waals surface area contributed by atoms with Gasteiger partial charge in [0, 0.05) is 0 Å². The summed E-state index contributed by atoms with van der Waals surface area (Å²) in [6.07, 6.45) is 1.82. The molecular formula is C22H20F3N3O3. The molecule has 1 aliphatic carbocycles. The number of benzene rings is 2. The van der Waals surface area contributed by atoms with Crippen LogP contribution in [0.25, 0.3) is 11.0 Å². The number of fused-ring (bicyclic) bond motifs is 4. The van der Waals surface area contributed by atoms with Gasteiger partial charge in [-0.25, -0.2) is 9.37 Å². The lowest BCUT2D eigenvalue weighted by Gasteiger charge is -2.58. The second-order valence-corrected chi connectivity index (χ2v) is 8.25. The summed E-state index contributed by atoms with van der Waals surface area (Å²) in [5.41, 5.74) is -1.27. The minimum absolute atomic E-state index is 0.0479. The standard InChI is InChI=1S/C22H20F3N3O3/c1-21(30,13-6-3-2-4-7-13)12-16(29)27-20-26-14-8-9-15(31-19(24)25)17(23)18(14)28(20)22(27)10-5-11-22/h2-4,6-9,19,30H,5,10-12H2,1H3. The van der Waals surface area contributed by atoms with Crippen molar-refractivity contribution in [1.29, 1.82) is 0 Å². The van der Waals surface area contributed by atoms with Crippen LogP contribution in [-0.4, -0.2) is 27.2 Å². The molecule has 1 aliphatic heterocycles. The normalized spacial score (nSPS) is 18.5. The molecule has 1 aromatic heterocycles. The van der Waals surface area contributed by atoms with Gasteiger partial charge >= 0.3 is 6.61 Å². The lowest BCUT2D eigenvalue weighted by atomic mass is 9.79. The van der Waals surface area contributed by atoms with E-state index in [1.807, 2.05) is 6.07 Å². The molecule has 2 heterocycles. The van der Waals surface area contributed by atoms with Crippen LogP contribution in [0.5, 0.6) is 5.75 Å². The third kappa shape index (κ3) is 2.83. The number of halogens is 3. The summed E-state index contributed by atoms with van der Waals surface area (Å²) in [6.45, 7) is -1.58. The molecule has 2 aliphatic rings. The van der Waals surface area contributed by atoms with Crippen LogP contribution in [0.15, 0.2) is 42.5 Å². The SMILES string of the molecule is CC(O)(CC(=O)N1c2nc3ccc(OC(F)F)c(F)c3n2C12CCC2)c1ccccc1. The molecule has 1 fully saturated rings. The number of alkyl halides is 2. The Labute approximate surface area is 175 Å². The van der Waals surface area contributed by atoms with Gasteiger partial charge in [-0.15, -0.1) is 0 Å². The number of hydrogen-bond acceptors (Lipinski definition) is 4. The van der Waals surface area contributed by atoms with Crippen LogP contribution in [0, 0.1) is 5.82 Å². The van der Waals surface area contributed by atoms with Crippen molar-refractivity contribution in [2.45, 2.75) is 50.5 Å². The number of anilines is 1. The molecule has 1 spiro atoms. The van der Waals surface area contributed by atoms with E-state index >= 15 is 0 Å². The van der Waals surface area contributed by atoms with Crippen LogP contribution >= 0.6 is 0 Å². The van der Waals surface area contributed by atoms with Crippen LogP contribution in [-0.2, 0) is 16.1 Å². The number of aromatic nitrogens is 2. The molecule has 2 aromatic carbocycles. The number of aliphatic hydroxyl groups is 1. The highest BCUT2D eigenvalue weighted by molar-refractivity contribution is 5.99. The van der Waals surface area contributed by atoms with E-state index in [1.165, 1.54) is 11.0 Å². The Kier molecular flexibility index (Phi) is 4.30. The summed E-state index contributed by atoms with van der Waals surface area (Å²) in [7, 11) is 0. The van der Waals surface area contributed by atoms with E-state index in [-0.39, 0.29) is 29.3 Å². The fraction of sp³-hybridized carbons (Fsp3) is 0.364. The van der Waals surface area contributed by atoms with Gasteiger partial charge in [0.25, 0.3) is 0 Å². The van der Waals surface area contributed by atoms with Gasteiger partial charge in [-0.3, -0.25) is 14.3 Å². The van der Waals surface area contributed by atoms with Crippen LogP contribution in [0.1, 0.15) is 38.2 Å². The maximum atomic E-state index is 15.0. The number of carbonyl (C=O) groups excluding carboxylic acids is 1. The van der Waals surface area contributed by atoms with Crippen LogP contribution < -0.4 is 9.64 Å². The first-order valence-electron chi connectivity index (χ1n) is 10.0. The zero-order valence-electron chi connectivity index (χ0n) is 16.7. The molecule has 1 saturated carbocycles. The molecular weight excluding hydrogens is 411 g/mol. The number of carbonyl (C=O) groups is 1. The summed E-state index contributed by atoms with van der Waals surface area (Å²) in [4.78, 5) is 19.1. The number of amides is 1. The highest BCUT2D eigenvalue weighted by Gasteiger charge is 2.59. The summed E-state index contributed by atoms with van der Waals surface area (Å²) >= 11 is 0. The molecule has 5 rings (SSSR count). The fourth-order valence-electron chi connectivity index (χ4n) is 4.63. The smallest absolute Gasteiger partial charge is 0.387 e. The van der Waals surface area contributed by atoms with Gasteiger partial charge in [0.05, 0.1) is 17.5 Å². The number of rotatable bonds is 5.